The van der Waals surface area contributed by atoms with Crippen molar-refractivity contribution < 1.29 is 4.79 Å². The van der Waals surface area contributed by atoms with Crippen molar-refractivity contribution in [2.75, 3.05) is 0 Å². The number of aromatic nitrogens is 4. The third-order valence-corrected chi connectivity index (χ3v) is 5.07. The molecule has 3 N–H and O–H groups in total. The third-order valence-electron chi connectivity index (χ3n) is 5.07. The molecule has 0 fully saturated rings. The Balaban J connectivity index is 1.65. The van der Waals surface area contributed by atoms with Crippen molar-refractivity contribution in [2.24, 2.45) is 0 Å². The summed E-state index contributed by atoms with van der Waals surface area (Å²) in [6, 6.07) is 27.3. The van der Waals surface area contributed by atoms with Crippen LogP contribution in [-0.4, -0.2) is 26.7 Å². The molecular formula is C23H18N6O. The van der Waals surface area contributed by atoms with Crippen LogP contribution in [0.4, 0.5) is 4.79 Å². The summed E-state index contributed by atoms with van der Waals surface area (Å²) in [5.41, 5.74) is 5.62. The standard InChI is InChI=1S/C23H18N6O/c30-23-24-20(16-9-5-2-6-10-16)19(15-7-3-1-4-8-15)21(25-23)17-11-13-18(14-12-17)22-26-28-29-27-22/h1-14,21H,(H2,24,25,30)(H,26,27,28,29). The Morgan fingerprint density at radius 1 is 0.733 bits per heavy atom. The summed E-state index contributed by atoms with van der Waals surface area (Å²) < 4.78 is 0. The van der Waals surface area contributed by atoms with E-state index in [1.807, 2.05) is 72.8 Å². The molecule has 0 bridgehead atoms. The molecule has 7 heteroatoms. The van der Waals surface area contributed by atoms with Crippen molar-refractivity contribution in [3.8, 4) is 11.4 Å². The van der Waals surface area contributed by atoms with Gasteiger partial charge in [-0.15, -0.1) is 10.2 Å². The first-order valence-corrected chi connectivity index (χ1v) is 9.56. The molecule has 2 heterocycles. The molecule has 146 valence electrons. The van der Waals surface area contributed by atoms with E-state index in [0.717, 1.165) is 33.5 Å². The maximum absolute atomic E-state index is 12.6. The number of H-pyrrole nitrogens is 1. The molecule has 0 saturated carbocycles. The Kier molecular flexibility index (Phi) is 4.53. The summed E-state index contributed by atoms with van der Waals surface area (Å²) >= 11 is 0. The predicted molar refractivity (Wildman–Crippen MR) is 114 cm³/mol. The fourth-order valence-electron chi connectivity index (χ4n) is 3.68. The normalized spacial score (nSPS) is 16.1. The smallest absolute Gasteiger partial charge is 0.320 e. The Morgan fingerprint density at radius 3 is 2.03 bits per heavy atom. The molecule has 2 amide bonds. The number of carbonyl (C=O) groups excluding carboxylic acids is 1. The largest absolute Gasteiger partial charge is 0.327 e. The van der Waals surface area contributed by atoms with Gasteiger partial charge in [-0.1, -0.05) is 84.9 Å². The van der Waals surface area contributed by atoms with E-state index < -0.39 is 0 Å². The predicted octanol–water partition coefficient (Wildman–Crippen LogP) is 3.79. The first-order chi connectivity index (χ1) is 14.8. The van der Waals surface area contributed by atoms with Crippen molar-refractivity contribution in [3.63, 3.8) is 0 Å². The van der Waals surface area contributed by atoms with Gasteiger partial charge >= 0.3 is 6.03 Å². The van der Waals surface area contributed by atoms with Crippen LogP contribution in [0.2, 0.25) is 0 Å². The summed E-state index contributed by atoms with van der Waals surface area (Å²) in [5, 5.41) is 20.2. The number of aromatic amines is 1. The van der Waals surface area contributed by atoms with Gasteiger partial charge in [0.1, 0.15) is 0 Å². The summed E-state index contributed by atoms with van der Waals surface area (Å²) in [5.74, 6) is 0.527. The number of rotatable bonds is 4. The van der Waals surface area contributed by atoms with Crippen molar-refractivity contribution in [3.05, 3.63) is 102 Å². The zero-order chi connectivity index (χ0) is 20.3. The molecule has 1 unspecified atom stereocenters. The monoisotopic (exact) mass is 394 g/mol. The minimum atomic E-state index is -0.310. The van der Waals surface area contributed by atoms with Crippen LogP contribution in [0.1, 0.15) is 22.7 Å². The van der Waals surface area contributed by atoms with E-state index in [-0.39, 0.29) is 12.1 Å². The second-order valence-electron chi connectivity index (χ2n) is 6.91. The van der Waals surface area contributed by atoms with E-state index in [1.54, 1.807) is 0 Å². The number of urea groups is 1. The quantitative estimate of drug-likeness (QED) is 0.491. The van der Waals surface area contributed by atoms with Gasteiger partial charge < -0.3 is 10.6 Å². The third kappa shape index (κ3) is 3.33. The van der Waals surface area contributed by atoms with Crippen LogP contribution in [0.25, 0.3) is 22.7 Å². The zero-order valence-electron chi connectivity index (χ0n) is 15.9. The molecule has 1 aliphatic heterocycles. The number of nitrogens with one attached hydrogen (secondary N) is 3. The molecule has 0 radical (unpaired) electrons. The minimum absolute atomic E-state index is 0.235. The summed E-state index contributed by atoms with van der Waals surface area (Å²) in [4.78, 5) is 12.6. The lowest BCUT2D eigenvalue weighted by atomic mass is 9.87. The van der Waals surface area contributed by atoms with Gasteiger partial charge in [-0.25, -0.2) is 4.79 Å². The molecule has 1 aromatic heterocycles. The molecule has 1 atom stereocenters. The van der Waals surface area contributed by atoms with Crippen LogP contribution >= 0.6 is 0 Å². The average Bonchev–Trinajstić information content (AvgIpc) is 3.35. The molecule has 7 nitrogen and oxygen atoms in total. The maximum Gasteiger partial charge on any atom is 0.320 e. The minimum Gasteiger partial charge on any atom is -0.327 e. The molecule has 4 aromatic rings. The first-order valence-electron chi connectivity index (χ1n) is 9.56. The Morgan fingerprint density at radius 2 is 1.40 bits per heavy atom. The highest BCUT2D eigenvalue weighted by Gasteiger charge is 2.29. The Bertz CT molecular complexity index is 1190. The Labute approximate surface area is 172 Å². The summed E-state index contributed by atoms with van der Waals surface area (Å²) in [6.07, 6.45) is 0. The highest BCUT2D eigenvalue weighted by molar-refractivity contribution is 6.03. The summed E-state index contributed by atoms with van der Waals surface area (Å²) in [7, 11) is 0. The second kappa shape index (κ2) is 7.63. The van der Waals surface area contributed by atoms with Crippen molar-refractivity contribution in [2.45, 2.75) is 6.04 Å². The Hall–Kier alpha value is -4.26. The fraction of sp³-hybridized carbons (Fsp3) is 0.0435. The van der Waals surface area contributed by atoms with Gasteiger partial charge in [0, 0.05) is 11.1 Å². The number of nitrogens with zero attached hydrogens (tertiary/aromatic N) is 3. The van der Waals surface area contributed by atoms with Crippen LogP contribution in [0.15, 0.2) is 84.9 Å². The number of amides is 2. The van der Waals surface area contributed by atoms with Crippen LogP contribution in [0.5, 0.6) is 0 Å². The molecule has 30 heavy (non-hydrogen) atoms. The SMILES string of the molecule is O=C1NC(c2ccccc2)=C(c2ccccc2)C(c2ccc(-c3nn[nH]n3)cc2)N1. The molecule has 0 saturated heterocycles. The van der Waals surface area contributed by atoms with E-state index in [2.05, 4.69) is 43.4 Å². The maximum atomic E-state index is 12.6. The molecule has 1 aliphatic rings. The van der Waals surface area contributed by atoms with Gasteiger partial charge in [0.2, 0.25) is 5.82 Å². The lowest BCUT2D eigenvalue weighted by Gasteiger charge is -2.31. The van der Waals surface area contributed by atoms with E-state index in [0.29, 0.717) is 5.82 Å². The molecule has 5 rings (SSSR count). The lowest BCUT2D eigenvalue weighted by Crippen LogP contribution is -2.42. The highest BCUT2D eigenvalue weighted by Crippen LogP contribution is 2.38. The number of tetrazole rings is 1. The van der Waals surface area contributed by atoms with Gasteiger partial charge in [-0.05, 0) is 21.9 Å². The number of hydrogen-bond acceptors (Lipinski definition) is 4. The number of hydrogen-bond donors (Lipinski definition) is 3. The van der Waals surface area contributed by atoms with E-state index in [4.69, 9.17) is 0 Å². The molecule has 0 spiro atoms. The molecule has 0 aliphatic carbocycles. The van der Waals surface area contributed by atoms with Crippen LogP contribution < -0.4 is 10.6 Å². The van der Waals surface area contributed by atoms with E-state index >= 15 is 0 Å². The van der Waals surface area contributed by atoms with E-state index in [9.17, 15) is 4.79 Å². The van der Waals surface area contributed by atoms with Crippen molar-refractivity contribution in [1.29, 1.82) is 0 Å². The fourth-order valence-corrected chi connectivity index (χ4v) is 3.68. The van der Waals surface area contributed by atoms with E-state index in [1.165, 1.54) is 0 Å². The van der Waals surface area contributed by atoms with Gasteiger partial charge in [-0.3, -0.25) is 0 Å². The van der Waals surface area contributed by atoms with Gasteiger partial charge in [-0.2, -0.15) is 5.21 Å². The average molecular weight is 394 g/mol. The van der Waals surface area contributed by atoms with Gasteiger partial charge in [0.25, 0.3) is 0 Å². The van der Waals surface area contributed by atoms with Crippen LogP contribution in [0, 0.1) is 0 Å². The van der Waals surface area contributed by atoms with Crippen LogP contribution in [0.3, 0.4) is 0 Å². The van der Waals surface area contributed by atoms with Gasteiger partial charge in [0.05, 0.1) is 11.7 Å². The van der Waals surface area contributed by atoms with Gasteiger partial charge in [0.15, 0.2) is 0 Å². The van der Waals surface area contributed by atoms with Crippen molar-refractivity contribution in [1.82, 2.24) is 31.3 Å². The second-order valence-corrected chi connectivity index (χ2v) is 6.91. The zero-order valence-corrected chi connectivity index (χ0v) is 15.9. The number of benzene rings is 3. The van der Waals surface area contributed by atoms with Crippen molar-refractivity contribution >= 4 is 17.3 Å². The highest BCUT2D eigenvalue weighted by atomic mass is 16.2. The topological polar surface area (TPSA) is 95.6 Å². The summed E-state index contributed by atoms with van der Waals surface area (Å²) in [6.45, 7) is 0. The molecular weight excluding hydrogens is 376 g/mol. The number of carbonyl (C=O) groups is 1. The first kappa shape index (κ1) is 17.8. The molecule has 3 aromatic carbocycles. The van der Waals surface area contributed by atoms with Crippen LogP contribution in [-0.2, 0) is 0 Å². The lowest BCUT2D eigenvalue weighted by molar-refractivity contribution is 0.242.